The van der Waals surface area contributed by atoms with Crippen LogP contribution in [0.2, 0.25) is 0 Å². The van der Waals surface area contributed by atoms with E-state index in [1.807, 2.05) is 23.1 Å². The van der Waals surface area contributed by atoms with Crippen LogP contribution in [0.4, 0.5) is 11.4 Å². The highest BCUT2D eigenvalue weighted by atomic mass is 16.3. The number of carbonyl (C=O) groups is 1. The third kappa shape index (κ3) is 2.56. The lowest BCUT2D eigenvalue weighted by Gasteiger charge is -2.35. The molecule has 1 amide bonds. The first-order valence-corrected chi connectivity index (χ1v) is 6.11. The lowest BCUT2D eigenvalue weighted by molar-refractivity contribution is -0.129. The summed E-state index contributed by atoms with van der Waals surface area (Å²) in [7, 11) is 0. The number of hydrogen-bond donors (Lipinski definition) is 2. The highest BCUT2D eigenvalue weighted by Gasteiger charge is 2.19. The van der Waals surface area contributed by atoms with Crippen molar-refractivity contribution in [2.45, 2.75) is 13.5 Å². The fourth-order valence-corrected chi connectivity index (χ4v) is 2.21. The maximum atomic E-state index is 11.2. The average molecular weight is 249 g/mol. The van der Waals surface area contributed by atoms with Gasteiger partial charge in [-0.3, -0.25) is 4.79 Å². The molecule has 1 aromatic rings. The van der Waals surface area contributed by atoms with Crippen molar-refractivity contribution in [1.82, 2.24) is 4.90 Å². The largest absolute Gasteiger partial charge is 0.398 e. The minimum atomic E-state index is -0.0485. The molecule has 1 aliphatic rings. The summed E-state index contributed by atoms with van der Waals surface area (Å²) in [6, 6.07) is 5.69. The van der Waals surface area contributed by atoms with E-state index in [2.05, 4.69) is 4.90 Å². The van der Waals surface area contributed by atoms with Gasteiger partial charge < -0.3 is 20.6 Å². The van der Waals surface area contributed by atoms with Crippen molar-refractivity contribution in [2.24, 2.45) is 0 Å². The molecule has 1 fully saturated rings. The SMILES string of the molecule is CC(=O)N1CCN(c2ccc(N)c(CO)c2)CC1. The number of aliphatic hydroxyl groups excluding tert-OH is 1. The molecule has 2 rings (SSSR count). The predicted octanol–water partition coefficient (Wildman–Crippen LogP) is 0.430. The summed E-state index contributed by atoms with van der Waals surface area (Å²) in [5, 5.41) is 9.20. The van der Waals surface area contributed by atoms with Gasteiger partial charge in [0, 0.05) is 50.0 Å². The minimum absolute atomic E-state index is 0.0485. The smallest absolute Gasteiger partial charge is 0.219 e. The van der Waals surface area contributed by atoms with E-state index in [4.69, 9.17) is 5.73 Å². The Morgan fingerprint density at radius 1 is 1.33 bits per heavy atom. The average Bonchev–Trinajstić information content (AvgIpc) is 2.39. The van der Waals surface area contributed by atoms with Crippen LogP contribution in [0.3, 0.4) is 0 Å². The molecule has 0 saturated carbocycles. The predicted molar refractivity (Wildman–Crippen MR) is 71.2 cm³/mol. The van der Waals surface area contributed by atoms with Crippen molar-refractivity contribution in [3.05, 3.63) is 23.8 Å². The molecule has 3 N–H and O–H groups in total. The van der Waals surface area contributed by atoms with Crippen LogP contribution in [0.15, 0.2) is 18.2 Å². The van der Waals surface area contributed by atoms with Crippen LogP contribution in [-0.2, 0) is 11.4 Å². The summed E-state index contributed by atoms with van der Waals surface area (Å²) in [4.78, 5) is 15.3. The van der Waals surface area contributed by atoms with Crippen LogP contribution in [0.25, 0.3) is 0 Å². The van der Waals surface area contributed by atoms with Crippen molar-refractivity contribution < 1.29 is 9.90 Å². The highest BCUT2D eigenvalue weighted by Crippen LogP contribution is 2.22. The van der Waals surface area contributed by atoms with Gasteiger partial charge in [-0.05, 0) is 18.2 Å². The molecule has 0 spiro atoms. The summed E-state index contributed by atoms with van der Waals surface area (Å²) in [6.07, 6.45) is 0. The Balaban J connectivity index is 2.07. The van der Waals surface area contributed by atoms with Crippen LogP contribution in [0.5, 0.6) is 0 Å². The number of carbonyl (C=O) groups excluding carboxylic acids is 1. The van der Waals surface area contributed by atoms with Crippen LogP contribution < -0.4 is 10.6 Å². The van der Waals surface area contributed by atoms with Gasteiger partial charge in [-0.15, -0.1) is 0 Å². The van der Waals surface area contributed by atoms with Crippen molar-refractivity contribution >= 4 is 17.3 Å². The first-order valence-electron chi connectivity index (χ1n) is 6.11. The molecule has 0 bridgehead atoms. The van der Waals surface area contributed by atoms with E-state index in [9.17, 15) is 9.90 Å². The Kier molecular flexibility index (Phi) is 3.72. The lowest BCUT2D eigenvalue weighted by atomic mass is 10.1. The molecule has 18 heavy (non-hydrogen) atoms. The van der Waals surface area contributed by atoms with Crippen LogP contribution in [0.1, 0.15) is 12.5 Å². The third-order valence-electron chi connectivity index (χ3n) is 3.39. The Labute approximate surface area is 107 Å². The summed E-state index contributed by atoms with van der Waals surface area (Å²) in [5.74, 6) is 0.128. The molecule has 0 unspecified atom stereocenters. The molecule has 1 aliphatic heterocycles. The molecular weight excluding hydrogens is 230 g/mol. The molecule has 0 radical (unpaired) electrons. The van der Waals surface area contributed by atoms with Crippen molar-refractivity contribution in [3.63, 3.8) is 0 Å². The van der Waals surface area contributed by atoms with Gasteiger partial charge in [0.15, 0.2) is 0 Å². The fourth-order valence-electron chi connectivity index (χ4n) is 2.21. The van der Waals surface area contributed by atoms with E-state index in [0.29, 0.717) is 5.69 Å². The summed E-state index contributed by atoms with van der Waals surface area (Å²) in [6.45, 7) is 4.67. The molecular formula is C13H19N3O2. The Hall–Kier alpha value is -1.75. The van der Waals surface area contributed by atoms with E-state index in [-0.39, 0.29) is 12.5 Å². The zero-order valence-electron chi connectivity index (χ0n) is 10.6. The molecule has 1 aromatic carbocycles. The van der Waals surface area contributed by atoms with E-state index in [1.165, 1.54) is 0 Å². The van der Waals surface area contributed by atoms with Gasteiger partial charge in [0.05, 0.1) is 6.61 Å². The summed E-state index contributed by atoms with van der Waals surface area (Å²) in [5.41, 5.74) is 8.18. The number of amides is 1. The molecule has 0 atom stereocenters. The summed E-state index contributed by atoms with van der Waals surface area (Å²) < 4.78 is 0. The second kappa shape index (κ2) is 5.27. The maximum absolute atomic E-state index is 11.2. The first-order chi connectivity index (χ1) is 8.61. The van der Waals surface area contributed by atoms with Crippen LogP contribution >= 0.6 is 0 Å². The van der Waals surface area contributed by atoms with E-state index in [1.54, 1.807) is 6.92 Å². The van der Waals surface area contributed by atoms with Gasteiger partial charge in [0.25, 0.3) is 0 Å². The zero-order valence-corrected chi connectivity index (χ0v) is 10.6. The molecule has 1 saturated heterocycles. The second-order valence-electron chi connectivity index (χ2n) is 4.53. The zero-order chi connectivity index (χ0) is 13.1. The molecule has 0 aromatic heterocycles. The minimum Gasteiger partial charge on any atom is -0.398 e. The summed E-state index contributed by atoms with van der Waals surface area (Å²) >= 11 is 0. The van der Waals surface area contributed by atoms with Crippen molar-refractivity contribution in [2.75, 3.05) is 36.8 Å². The fraction of sp³-hybridized carbons (Fsp3) is 0.462. The number of anilines is 2. The number of piperazine rings is 1. The lowest BCUT2D eigenvalue weighted by Crippen LogP contribution is -2.48. The van der Waals surface area contributed by atoms with E-state index in [0.717, 1.165) is 37.4 Å². The Morgan fingerprint density at radius 3 is 2.56 bits per heavy atom. The van der Waals surface area contributed by atoms with Gasteiger partial charge in [0.1, 0.15) is 0 Å². The molecule has 5 heteroatoms. The Bertz CT molecular complexity index is 440. The van der Waals surface area contributed by atoms with Gasteiger partial charge in [-0.1, -0.05) is 0 Å². The monoisotopic (exact) mass is 249 g/mol. The standard InChI is InChI=1S/C13H19N3O2/c1-10(18)15-4-6-16(7-5-15)12-2-3-13(14)11(8-12)9-17/h2-3,8,17H,4-7,9,14H2,1H3. The van der Waals surface area contributed by atoms with Gasteiger partial charge in [0.2, 0.25) is 5.91 Å². The number of aliphatic hydroxyl groups is 1. The quantitative estimate of drug-likeness (QED) is 0.746. The topological polar surface area (TPSA) is 69.8 Å². The molecule has 98 valence electrons. The number of rotatable bonds is 2. The maximum Gasteiger partial charge on any atom is 0.219 e. The van der Waals surface area contributed by atoms with Crippen LogP contribution in [-0.4, -0.2) is 42.1 Å². The second-order valence-corrected chi connectivity index (χ2v) is 4.53. The number of nitrogens with two attached hydrogens (primary N) is 1. The van der Waals surface area contributed by atoms with Gasteiger partial charge >= 0.3 is 0 Å². The number of nitrogen functional groups attached to an aromatic ring is 1. The Morgan fingerprint density at radius 2 is 2.00 bits per heavy atom. The first kappa shape index (κ1) is 12.7. The van der Waals surface area contributed by atoms with Crippen molar-refractivity contribution in [1.29, 1.82) is 0 Å². The third-order valence-corrected chi connectivity index (χ3v) is 3.39. The number of nitrogens with zero attached hydrogens (tertiary/aromatic N) is 2. The van der Waals surface area contributed by atoms with E-state index >= 15 is 0 Å². The number of benzene rings is 1. The van der Waals surface area contributed by atoms with E-state index < -0.39 is 0 Å². The number of hydrogen-bond acceptors (Lipinski definition) is 4. The molecule has 1 heterocycles. The van der Waals surface area contributed by atoms with Crippen molar-refractivity contribution in [3.8, 4) is 0 Å². The van der Waals surface area contributed by atoms with Crippen LogP contribution in [0, 0.1) is 0 Å². The van der Waals surface area contributed by atoms with Gasteiger partial charge in [-0.25, -0.2) is 0 Å². The molecule has 5 nitrogen and oxygen atoms in total. The normalized spacial score (nSPS) is 15.9. The highest BCUT2D eigenvalue weighted by molar-refractivity contribution is 5.73. The van der Waals surface area contributed by atoms with Gasteiger partial charge in [-0.2, -0.15) is 0 Å². The molecule has 0 aliphatic carbocycles.